The van der Waals surface area contributed by atoms with Crippen molar-refractivity contribution in [2.45, 2.75) is 13.1 Å². The maximum absolute atomic E-state index is 12.7. The molecule has 1 aliphatic heterocycles. The summed E-state index contributed by atoms with van der Waals surface area (Å²) in [6.07, 6.45) is 0. The van der Waals surface area contributed by atoms with Gasteiger partial charge in [0.1, 0.15) is 6.54 Å². The van der Waals surface area contributed by atoms with Crippen LogP contribution in [0.2, 0.25) is 0 Å². The summed E-state index contributed by atoms with van der Waals surface area (Å²) in [5.41, 5.74) is 2.02. The van der Waals surface area contributed by atoms with Gasteiger partial charge in [-0.15, -0.1) is 0 Å². The van der Waals surface area contributed by atoms with Crippen LogP contribution in [0.15, 0.2) is 57.7 Å². The van der Waals surface area contributed by atoms with Crippen molar-refractivity contribution in [3.63, 3.8) is 0 Å². The number of oxazole rings is 1. The number of hydrogen-bond donors (Lipinski definition) is 0. The summed E-state index contributed by atoms with van der Waals surface area (Å²) in [4.78, 5) is 39.1. The summed E-state index contributed by atoms with van der Waals surface area (Å²) in [5.74, 6) is -0.669. The standard InChI is InChI=1S/C20H20N4O5/c25-19(14-23-17-6-1-2-7-18(17)29-20(23)26)22-10-8-21(9-11-22)13-15-4-3-5-16(12-15)24(27)28/h1-7,12H,8-11,13-14H2. The lowest BCUT2D eigenvalue weighted by Crippen LogP contribution is -2.49. The van der Waals surface area contributed by atoms with Gasteiger partial charge in [0.05, 0.1) is 10.4 Å². The van der Waals surface area contributed by atoms with E-state index in [1.54, 1.807) is 41.3 Å². The fourth-order valence-corrected chi connectivity index (χ4v) is 3.58. The summed E-state index contributed by atoms with van der Waals surface area (Å²) >= 11 is 0. The van der Waals surface area contributed by atoms with Crippen molar-refractivity contribution in [2.75, 3.05) is 26.2 Å². The predicted octanol–water partition coefficient (Wildman–Crippen LogP) is 1.85. The van der Waals surface area contributed by atoms with E-state index < -0.39 is 10.7 Å². The fraction of sp³-hybridized carbons (Fsp3) is 0.300. The molecule has 0 unspecified atom stereocenters. The van der Waals surface area contributed by atoms with E-state index in [4.69, 9.17) is 4.42 Å². The van der Waals surface area contributed by atoms with E-state index in [0.29, 0.717) is 43.8 Å². The van der Waals surface area contributed by atoms with Gasteiger partial charge in [-0.25, -0.2) is 4.79 Å². The molecule has 0 N–H and O–H groups in total. The van der Waals surface area contributed by atoms with Crippen LogP contribution in [0.3, 0.4) is 0 Å². The number of hydrogen-bond acceptors (Lipinski definition) is 6. The highest BCUT2D eigenvalue weighted by molar-refractivity contribution is 5.79. The Hall–Kier alpha value is -3.46. The largest absolute Gasteiger partial charge is 0.420 e. The zero-order valence-electron chi connectivity index (χ0n) is 15.7. The van der Waals surface area contributed by atoms with Crippen molar-refractivity contribution < 1.29 is 14.1 Å². The highest BCUT2D eigenvalue weighted by atomic mass is 16.6. The SMILES string of the molecule is O=C(Cn1c(=O)oc2ccccc21)N1CCN(Cc2cccc([N+](=O)[O-])c2)CC1. The zero-order chi connectivity index (χ0) is 20.4. The Bertz CT molecular complexity index is 1110. The number of rotatable bonds is 5. The number of piperazine rings is 1. The summed E-state index contributed by atoms with van der Waals surface area (Å²) in [6, 6.07) is 13.6. The molecule has 1 fully saturated rings. The van der Waals surface area contributed by atoms with E-state index in [-0.39, 0.29) is 18.1 Å². The van der Waals surface area contributed by atoms with Crippen molar-refractivity contribution in [1.82, 2.24) is 14.4 Å². The average molecular weight is 396 g/mol. The van der Waals surface area contributed by atoms with Crippen molar-refractivity contribution in [2.24, 2.45) is 0 Å². The number of para-hydroxylation sites is 2. The first-order valence-electron chi connectivity index (χ1n) is 9.33. The molecule has 1 aromatic heterocycles. The quantitative estimate of drug-likeness (QED) is 0.482. The lowest BCUT2D eigenvalue weighted by Gasteiger charge is -2.34. The Morgan fingerprint density at radius 2 is 1.83 bits per heavy atom. The minimum absolute atomic E-state index is 0.0548. The molecule has 0 radical (unpaired) electrons. The van der Waals surface area contributed by atoms with Gasteiger partial charge in [0.25, 0.3) is 5.69 Å². The van der Waals surface area contributed by atoms with Crippen molar-refractivity contribution in [3.05, 3.63) is 74.8 Å². The minimum Gasteiger partial charge on any atom is -0.408 e. The molecular weight excluding hydrogens is 376 g/mol. The molecule has 1 saturated heterocycles. The van der Waals surface area contributed by atoms with Gasteiger partial charge in [0.2, 0.25) is 5.91 Å². The number of nitrogens with zero attached hydrogens (tertiary/aromatic N) is 4. The van der Waals surface area contributed by atoms with Gasteiger partial charge in [-0.05, 0) is 17.7 Å². The molecule has 0 aliphatic carbocycles. The van der Waals surface area contributed by atoms with Gasteiger partial charge in [0, 0.05) is 44.9 Å². The number of fused-ring (bicyclic) bond motifs is 1. The van der Waals surface area contributed by atoms with Gasteiger partial charge in [0.15, 0.2) is 5.58 Å². The van der Waals surface area contributed by atoms with Crippen LogP contribution in [0.1, 0.15) is 5.56 Å². The van der Waals surface area contributed by atoms with Crippen LogP contribution >= 0.6 is 0 Å². The Kier molecular flexibility index (Phi) is 5.13. The molecule has 9 heteroatoms. The Labute approximate surface area is 165 Å². The van der Waals surface area contributed by atoms with Crippen LogP contribution in [0.5, 0.6) is 0 Å². The van der Waals surface area contributed by atoms with E-state index in [2.05, 4.69) is 4.90 Å². The third kappa shape index (κ3) is 4.04. The molecule has 3 aromatic rings. The number of carbonyl (C=O) groups excluding carboxylic acids is 1. The van der Waals surface area contributed by atoms with Gasteiger partial charge in [-0.1, -0.05) is 24.3 Å². The molecule has 29 heavy (non-hydrogen) atoms. The Balaban J connectivity index is 1.36. The van der Waals surface area contributed by atoms with Crippen LogP contribution in [0.25, 0.3) is 11.1 Å². The Morgan fingerprint density at radius 3 is 2.59 bits per heavy atom. The molecule has 1 aliphatic rings. The maximum atomic E-state index is 12.7. The number of benzene rings is 2. The lowest BCUT2D eigenvalue weighted by atomic mass is 10.1. The molecule has 2 heterocycles. The van der Waals surface area contributed by atoms with Crippen LogP contribution in [0, 0.1) is 10.1 Å². The summed E-state index contributed by atoms with van der Waals surface area (Å²) in [5, 5.41) is 10.9. The number of aromatic nitrogens is 1. The molecular formula is C20H20N4O5. The second-order valence-electron chi connectivity index (χ2n) is 7.01. The molecule has 0 saturated carbocycles. The number of non-ortho nitro benzene ring substituents is 1. The molecule has 9 nitrogen and oxygen atoms in total. The van der Waals surface area contributed by atoms with Crippen molar-refractivity contribution in [3.8, 4) is 0 Å². The van der Waals surface area contributed by atoms with Gasteiger partial charge < -0.3 is 9.32 Å². The topological polar surface area (TPSA) is 102 Å². The summed E-state index contributed by atoms with van der Waals surface area (Å²) in [7, 11) is 0. The Morgan fingerprint density at radius 1 is 1.07 bits per heavy atom. The number of carbonyl (C=O) groups is 1. The van der Waals surface area contributed by atoms with Crippen molar-refractivity contribution in [1.29, 1.82) is 0 Å². The number of amides is 1. The summed E-state index contributed by atoms with van der Waals surface area (Å²) < 4.78 is 6.53. The van der Waals surface area contributed by atoms with E-state index in [1.807, 2.05) is 6.07 Å². The highest BCUT2D eigenvalue weighted by Gasteiger charge is 2.23. The van der Waals surface area contributed by atoms with Gasteiger partial charge >= 0.3 is 5.76 Å². The van der Waals surface area contributed by atoms with Crippen LogP contribution < -0.4 is 5.76 Å². The van der Waals surface area contributed by atoms with E-state index >= 15 is 0 Å². The monoisotopic (exact) mass is 396 g/mol. The van der Waals surface area contributed by atoms with Gasteiger partial charge in [-0.2, -0.15) is 0 Å². The third-order valence-electron chi connectivity index (χ3n) is 5.12. The average Bonchev–Trinajstić information content (AvgIpc) is 3.04. The molecule has 2 aromatic carbocycles. The smallest absolute Gasteiger partial charge is 0.408 e. The molecule has 150 valence electrons. The predicted molar refractivity (Wildman–Crippen MR) is 105 cm³/mol. The first-order chi connectivity index (χ1) is 14.0. The fourth-order valence-electron chi connectivity index (χ4n) is 3.58. The molecule has 0 spiro atoms. The molecule has 1 amide bonds. The number of nitro groups is 1. The molecule has 4 rings (SSSR count). The summed E-state index contributed by atoms with van der Waals surface area (Å²) in [6.45, 7) is 2.94. The second kappa shape index (κ2) is 7.88. The third-order valence-corrected chi connectivity index (χ3v) is 5.12. The van der Waals surface area contributed by atoms with Crippen LogP contribution in [0.4, 0.5) is 5.69 Å². The highest BCUT2D eigenvalue weighted by Crippen LogP contribution is 2.16. The maximum Gasteiger partial charge on any atom is 0.420 e. The number of nitro benzene ring substituents is 1. The van der Waals surface area contributed by atoms with Crippen LogP contribution in [-0.4, -0.2) is 51.4 Å². The van der Waals surface area contributed by atoms with E-state index in [1.165, 1.54) is 10.6 Å². The van der Waals surface area contributed by atoms with Crippen molar-refractivity contribution >= 4 is 22.7 Å². The second-order valence-corrected chi connectivity index (χ2v) is 7.01. The normalized spacial score (nSPS) is 15.0. The zero-order valence-corrected chi connectivity index (χ0v) is 15.7. The minimum atomic E-state index is -0.538. The first kappa shape index (κ1) is 18.9. The van der Waals surface area contributed by atoms with E-state index in [9.17, 15) is 19.7 Å². The van der Waals surface area contributed by atoms with E-state index in [0.717, 1.165) is 5.56 Å². The van der Waals surface area contributed by atoms with Gasteiger partial charge in [-0.3, -0.25) is 24.4 Å². The van der Waals surface area contributed by atoms with Crippen LogP contribution in [-0.2, 0) is 17.9 Å². The molecule has 0 atom stereocenters. The lowest BCUT2D eigenvalue weighted by molar-refractivity contribution is -0.384. The first-order valence-corrected chi connectivity index (χ1v) is 9.33. The molecule has 0 bridgehead atoms.